The van der Waals surface area contributed by atoms with Gasteiger partial charge in [0.1, 0.15) is 0 Å². The highest BCUT2D eigenvalue weighted by Crippen LogP contribution is 2.12. The molecule has 0 saturated heterocycles. The van der Waals surface area contributed by atoms with E-state index in [9.17, 15) is 14.7 Å². The van der Waals surface area contributed by atoms with Gasteiger partial charge in [-0.3, -0.25) is 9.59 Å². The van der Waals surface area contributed by atoms with Crippen LogP contribution < -0.4 is 5.32 Å². The average molecular weight is 245 g/mol. The van der Waals surface area contributed by atoms with Crippen molar-refractivity contribution in [2.75, 3.05) is 6.54 Å². The monoisotopic (exact) mass is 245 g/mol. The number of aliphatic hydroxyl groups is 1. The summed E-state index contributed by atoms with van der Waals surface area (Å²) in [5.41, 5.74) is 0. The van der Waals surface area contributed by atoms with Gasteiger partial charge in [0.05, 0.1) is 6.10 Å². The van der Waals surface area contributed by atoms with Crippen molar-refractivity contribution in [3.05, 3.63) is 0 Å². The van der Waals surface area contributed by atoms with Crippen molar-refractivity contribution in [1.29, 1.82) is 0 Å². The maximum absolute atomic E-state index is 11.3. The van der Waals surface area contributed by atoms with Crippen LogP contribution in [0.1, 0.15) is 46.0 Å². The van der Waals surface area contributed by atoms with E-state index < -0.39 is 12.1 Å². The number of nitrogens with one attached hydrogen (secondary N) is 1. The van der Waals surface area contributed by atoms with E-state index in [1.54, 1.807) is 0 Å². The Hall–Kier alpha value is -1.10. The largest absolute Gasteiger partial charge is 0.481 e. The normalized spacial score (nSPS) is 12.5. The molecule has 0 aliphatic carbocycles. The van der Waals surface area contributed by atoms with Crippen LogP contribution in [0, 0.1) is 5.92 Å². The highest BCUT2D eigenvalue weighted by atomic mass is 16.4. The first kappa shape index (κ1) is 15.9. The molecule has 0 aromatic rings. The number of carboxylic acid groups (broad SMARTS) is 1. The molecule has 0 fully saturated rings. The molecule has 17 heavy (non-hydrogen) atoms. The summed E-state index contributed by atoms with van der Waals surface area (Å²) >= 11 is 0. The number of amides is 1. The molecule has 0 aliphatic heterocycles. The predicted octanol–water partition coefficient (Wildman–Crippen LogP) is 1.15. The molecule has 0 radical (unpaired) electrons. The Bertz CT molecular complexity index is 239. The van der Waals surface area contributed by atoms with E-state index in [2.05, 4.69) is 5.32 Å². The lowest BCUT2D eigenvalue weighted by atomic mass is 9.96. The number of hydrogen-bond donors (Lipinski definition) is 3. The number of carboxylic acids is 1. The highest BCUT2D eigenvalue weighted by molar-refractivity contribution is 5.76. The number of aliphatic hydroxyl groups excluding tert-OH is 1. The fourth-order valence-corrected chi connectivity index (χ4v) is 1.71. The zero-order valence-corrected chi connectivity index (χ0v) is 10.6. The lowest BCUT2D eigenvalue weighted by molar-refractivity contribution is -0.137. The first-order chi connectivity index (χ1) is 8.01. The van der Waals surface area contributed by atoms with Gasteiger partial charge in [0.15, 0.2) is 0 Å². The van der Waals surface area contributed by atoms with Gasteiger partial charge in [0.2, 0.25) is 5.91 Å². The van der Waals surface area contributed by atoms with Gasteiger partial charge < -0.3 is 15.5 Å². The van der Waals surface area contributed by atoms with Gasteiger partial charge in [-0.05, 0) is 12.3 Å². The third-order valence-corrected chi connectivity index (χ3v) is 2.90. The van der Waals surface area contributed by atoms with E-state index in [0.717, 1.165) is 12.8 Å². The van der Waals surface area contributed by atoms with Crippen LogP contribution in [-0.2, 0) is 9.59 Å². The lowest BCUT2D eigenvalue weighted by Gasteiger charge is -2.20. The van der Waals surface area contributed by atoms with E-state index in [1.165, 1.54) is 0 Å². The molecule has 1 atom stereocenters. The number of rotatable bonds is 9. The van der Waals surface area contributed by atoms with Crippen molar-refractivity contribution in [2.45, 2.75) is 52.1 Å². The molecule has 0 bridgehead atoms. The average Bonchev–Trinajstić information content (AvgIpc) is 2.27. The number of aliphatic carboxylic acids is 1. The highest BCUT2D eigenvalue weighted by Gasteiger charge is 2.16. The molecule has 0 aliphatic rings. The van der Waals surface area contributed by atoms with Gasteiger partial charge in [-0.25, -0.2) is 0 Å². The predicted molar refractivity (Wildman–Crippen MR) is 64.6 cm³/mol. The summed E-state index contributed by atoms with van der Waals surface area (Å²) in [6.45, 7) is 4.26. The molecule has 1 amide bonds. The quantitative estimate of drug-likeness (QED) is 0.569. The Morgan fingerprint density at radius 1 is 1.18 bits per heavy atom. The summed E-state index contributed by atoms with van der Waals surface area (Å²) in [6.07, 6.45) is 1.78. The second-order valence-electron chi connectivity index (χ2n) is 4.20. The molecule has 5 nitrogen and oxygen atoms in total. The van der Waals surface area contributed by atoms with Crippen molar-refractivity contribution in [2.24, 2.45) is 5.92 Å². The van der Waals surface area contributed by atoms with Crippen LogP contribution in [0.15, 0.2) is 0 Å². The molecule has 1 unspecified atom stereocenters. The molecule has 0 rings (SSSR count). The Morgan fingerprint density at radius 3 is 2.24 bits per heavy atom. The first-order valence-corrected chi connectivity index (χ1v) is 6.17. The van der Waals surface area contributed by atoms with Gasteiger partial charge in [0.25, 0.3) is 0 Å². The van der Waals surface area contributed by atoms with Crippen LogP contribution >= 0.6 is 0 Å². The van der Waals surface area contributed by atoms with E-state index in [1.807, 2.05) is 13.8 Å². The second kappa shape index (κ2) is 8.98. The summed E-state index contributed by atoms with van der Waals surface area (Å²) in [4.78, 5) is 21.6. The molecular weight excluding hydrogens is 222 g/mol. The smallest absolute Gasteiger partial charge is 0.303 e. The van der Waals surface area contributed by atoms with Gasteiger partial charge in [-0.1, -0.05) is 26.7 Å². The number of carbonyl (C=O) groups is 2. The minimum atomic E-state index is -0.894. The van der Waals surface area contributed by atoms with Crippen molar-refractivity contribution in [3.63, 3.8) is 0 Å². The third kappa shape index (κ3) is 7.74. The van der Waals surface area contributed by atoms with Crippen LogP contribution in [0.25, 0.3) is 0 Å². The second-order valence-corrected chi connectivity index (χ2v) is 4.20. The van der Waals surface area contributed by atoms with Crippen molar-refractivity contribution >= 4 is 11.9 Å². The standard InChI is InChI=1S/C12H23NO4/c1-3-9(4-2)10(14)8-13-11(15)6-5-7-12(16)17/h9-10,14H,3-8H2,1-2H3,(H,13,15)(H,16,17). The van der Waals surface area contributed by atoms with Crippen LogP contribution in [0.4, 0.5) is 0 Å². The molecule has 0 aromatic carbocycles. The van der Waals surface area contributed by atoms with Gasteiger partial charge >= 0.3 is 5.97 Å². The minimum Gasteiger partial charge on any atom is -0.481 e. The number of carbonyl (C=O) groups excluding carboxylic acids is 1. The fraction of sp³-hybridized carbons (Fsp3) is 0.833. The zero-order chi connectivity index (χ0) is 13.3. The molecule has 0 aromatic heterocycles. The third-order valence-electron chi connectivity index (χ3n) is 2.90. The Kier molecular flexibility index (Phi) is 8.40. The first-order valence-electron chi connectivity index (χ1n) is 6.17. The van der Waals surface area contributed by atoms with Gasteiger partial charge in [-0.15, -0.1) is 0 Å². The molecule has 0 spiro atoms. The summed E-state index contributed by atoms with van der Waals surface area (Å²) in [7, 11) is 0. The molecular formula is C12H23NO4. The van der Waals surface area contributed by atoms with Crippen LogP contribution in [0.5, 0.6) is 0 Å². The van der Waals surface area contributed by atoms with Crippen LogP contribution in [0.3, 0.4) is 0 Å². The molecule has 0 heterocycles. The van der Waals surface area contributed by atoms with E-state index in [0.29, 0.717) is 6.42 Å². The Labute approximate surface area is 102 Å². The summed E-state index contributed by atoms with van der Waals surface area (Å²) < 4.78 is 0. The topological polar surface area (TPSA) is 86.6 Å². The van der Waals surface area contributed by atoms with Crippen molar-refractivity contribution < 1.29 is 19.8 Å². The van der Waals surface area contributed by atoms with Gasteiger partial charge in [-0.2, -0.15) is 0 Å². The minimum absolute atomic E-state index is 0.00250. The van der Waals surface area contributed by atoms with Crippen LogP contribution in [0.2, 0.25) is 0 Å². The number of hydrogen-bond acceptors (Lipinski definition) is 3. The molecule has 0 saturated carbocycles. The zero-order valence-electron chi connectivity index (χ0n) is 10.6. The molecule has 100 valence electrons. The molecule has 3 N–H and O–H groups in total. The van der Waals surface area contributed by atoms with Gasteiger partial charge in [0, 0.05) is 19.4 Å². The van der Waals surface area contributed by atoms with Crippen LogP contribution in [-0.4, -0.2) is 34.7 Å². The summed E-state index contributed by atoms with van der Waals surface area (Å²) in [5.74, 6) is -0.888. The molecule has 5 heteroatoms. The lowest BCUT2D eigenvalue weighted by Crippen LogP contribution is -2.36. The summed E-state index contributed by atoms with van der Waals surface area (Å²) in [5, 5.41) is 20.8. The van der Waals surface area contributed by atoms with E-state index >= 15 is 0 Å². The SMILES string of the molecule is CCC(CC)C(O)CNC(=O)CCCC(=O)O. The Morgan fingerprint density at radius 2 is 1.76 bits per heavy atom. The van der Waals surface area contributed by atoms with Crippen molar-refractivity contribution in [3.8, 4) is 0 Å². The maximum Gasteiger partial charge on any atom is 0.303 e. The van der Waals surface area contributed by atoms with E-state index in [4.69, 9.17) is 5.11 Å². The maximum atomic E-state index is 11.3. The summed E-state index contributed by atoms with van der Waals surface area (Å²) in [6, 6.07) is 0. The Balaban J connectivity index is 3.72. The van der Waals surface area contributed by atoms with E-state index in [-0.39, 0.29) is 31.2 Å². The van der Waals surface area contributed by atoms with Crippen molar-refractivity contribution in [1.82, 2.24) is 5.32 Å². The fourth-order valence-electron chi connectivity index (χ4n) is 1.71.